The number of hydrogen-bond acceptors (Lipinski definition) is 7. The highest BCUT2D eigenvalue weighted by atomic mass is 32.1. The van der Waals surface area contributed by atoms with Crippen LogP contribution in [0.4, 0.5) is 10.7 Å². The van der Waals surface area contributed by atoms with Crippen LogP contribution < -0.4 is 11.1 Å². The summed E-state index contributed by atoms with van der Waals surface area (Å²) in [6, 6.07) is 22.3. The molecule has 1 amide bonds. The maximum absolute atomic E-state index is 13.5. The number of fused-ring (bicyclic) bond motifs is 2. The number of benzene rings is 2. The van der Waals surface area contributed by atoms with Crippen molar-refractivity contribution in [2.45, 2.75) is 32.1 Å². The highest BCUT2D eigenvalue weighted by molar-refractivity contribution is 7.21. The molecule has 0 saturated heterocycles. The van der Waals surface area contributed by atoms with E-state index in [4.69, 9.17) is 15.5 Å². The highest BCUT2D eigenvalue weighted by Crippen LogP contribution is 2.40. The Morgan fingerprint density at radius 2 is 1.85 bits per heavy atom. The molecule has 3 heterocycles. The molecule has 0 bridgehead atoms. The second-order valence-electron chi connectivity index (χ2n) is 9.54. The summed E-state index contributed by atoms with van der Waals surface area (Å²) >= 11 is 2.58. The van der Waals surface area contributed by atoms with Gasteiger partial charge in [0.05, 0.1) is 12.3 Å². The molecule has 3 N–H and O–H groups in total. The lowest BCUT2D eigenvalue weighted by Gasteiger charge is -2.24. The molecule has 0 radical (unpaired) electrons. The maximum Gasteiger partial charge on any atom is 0.341 e. The number of ether oxygens (including phenoxy) is 1. The Balaban J connectivity index is 1.31. The number of carbonyl (C=O) groups excluding carboxylic acids is 2. The molecule has 1 aliphatic carbocycles. The van der Waals surface area contributed by atoms with Gasteiger partial charge in [-0.1, -0.05) is 60.7 Å². The Hall–Kier alpha value is -4.01. The molecule has 5 aromatic rings. The van der Waals surface area contributed by atoms with E-state index in [-0.39, 0.29) is 12.5 Å². The summed E-state index contributed by atoms with van der Waals surface area (Å²) in [5.74, 6) is -0.387. The van der Waals surface area contributed by atoms with Gasteiger partial charge >= 0.3 is 5.97 Å². The van der Waals surface area contributed by atoms with E-state index in [0.717, 1.165) is 46.3 Å². The van der Waals surface area contributed by atoms with Crippen molar-refractivity contribution in [3.8, 4) is 11.1 Å². The zero-order valence-corrected chi connectivity index (χ0v) is 23.0. The third-order valence-electron chi connectivity index (χ3n) is 7.15. The van der Waals surface area contributed by atoms with Gasteiger partial charge in [-0.2, -0.15) is 0 Å². The van der Waals surface area contributed by atoms with Crippen molar-refractivity contribution in [3.05, 3.63) is 99.4 Å². The number of hydrogen-bond donors (Lipinski definition) is 2. The van der Waals surface area contributed by atoms with Crippen LogP contribution in [0.15, 0.2) is 72.1 Å². The molecule has 39 heavy (non-hydrogen) atoms. The number of amides is 1. The third-order valence-corrected chi connectivity index (χ3v) is 9.15. The van der Waals surface area contributed by atoms with Gasteiger partial charge in [-0.15, -0.1) is 22.7 Å². The molecular weight excluding hydrogens is 526 g/mol. The molecule has 6 nitrogen and oxygen atoms in total. The Labute approximate surface area is 234 Å². The summed E-state index contributed by atoms with van der Waals surface area (Å²) in [5.41, 5.74) is 12.5. The van der Waals surface area contributed by atoms with Gasteiger partial charge in [-0.25, -0.2) is 9.78 Å². The molecule has 8 heteroatoms. The number of esters is 1. The van der Waals surface area contributed by atoms with Crippen molar-refractivity contribution in [1.29, 1.82) is 0 Å². The highest BCUT2D eigenvalue weighted by Gasteiger charge is 2.27. The number of aromatic nitrogens is 1. The molecule has 0 spiro atoms. The number of rotatable bonds is 6. The number of thiophene rings is 2. The van der Waals surface area contributed by atoms with Crippen molar-refractivity contribution in [2.75, 3.05) is 17.7 Å². The van der Waals surface area contributed by atoms with Crippen LogP contribution in [-0.4, -0.2) is 23.5 Å². The first-order valence-corrected chi connectivity index (χ1v) is 14.6. The lowest BCUT2D eigenvalue weighted by Crippen LogP contribution is -2.15. The molecule has 1 unspecified atom stereocenters. The second-order valence-corrected chi connectivity index (χ2v) is 11.4. The van der Waals surface area contributed by atoms with Gasteiger partial charge in [0.15, 0.2) is 0 Å². The fourth-order valence-electron chi connectivity index (χ4n) is 5.21. The first kappa shape index (κ1) is 25.3. The quantitative estimate of drug-likeness (QED) is 0.215. The van der Waals surface area contributed by atoms with Crippen LogP contribution in [0.5, 0.6) is 0 Å². The number of nitrogens with zero attached hydrogens (tertiary/aromatic N) is 1. The van der Waals surface area contributed by atoms with Gasteiger partial charge in [0.25, 0.3) is 5.91 Å². The minimum absolute atomic E-state index is 0.237. The van der Waals surface area contributed by atoms with Gasteiger partial charge in [-0.3, -0.25) is 4.79 Å². The van der Waals surface area contributed by atoms with Crippen molar-refractivity contribution in [1.82, 2.24) is 4.98 Å². The summed E-state index contributed by atoms with van der Waals surface area (Å²) in [6.45, 7) is 2.00. The summed E-state index contributed by atoms with van der Waals surface area (Å²) in [5, 5.41) is 6.05. The number of nitrogens with one attached hydrogen (secondary N) is 1. The van der Waals surface area contributed by atoms with Crippen LogP contribution >= 0.6 is 22.7 Å². The van der Waals surface area contributed by atoms with Crippen LogP contribution in [-0.2, 0) is 17.6 Å². The van der Waals surface area contributed by atoms with Gasteiger partial charge in [-0.05, 0) is 54.9 Å². The van der Waals surface area contributed by atoms with E-state index in [1.165, 1.54) is 33.8 Å². The van der Waals surface area contributed by atoms with E-state index in [2.05, 4.69) is 35.6 Å². The smallest absolute Gasteiger partial charge is 0.341 e. The van der Waals surface area contributed by atoms with E-state index < -0.39 is 5.97 Å². The lowest BCUT2D eigenvalue weighted by atomic mass is 9.82. The summed E-state index contributed by atoms with van der Waals surface area (Å²) in [6.07, 6.45) is 2.84. The Kier molecular flexibility index (Phi) is 6.89. The molecule has 196 valence electrons. The number of aryl methyl sites for hydroxylation is 1. The van der Waals surface area contributed by atoms with Crippen molar-refractivity contribution >= 4 is 55.5 Å². The summed E-state index contributed by atoms with van der Waals surface area (Å²) < 4.78 is 5.33. The Bertz CT molecular complexity index is 1680. The topological polar surface area (TPSA) is 94.3 Å². The molecule has 0 fully saturated rings. The molecule has 1 atom stereocenters. The number of pyridine rings is 1. The Morgan fingerprint density at radius 3 is 2.59 bits per heavy atom. The second kappa shape index (κ2) is 10.6. The monoisotopic (exact) mass is 553 g/mol. The third kappa shape index (κ3) is 4.82. The normalized spacial score (nSPS) is 14.6. The first-order chi connectivity index (χ1) is 19.0. The zero-order chi connectivity index (χ0) is 26.9. The molecule has 3 aromatic heterocycles. The van der Waals surface area contributed by atoms with E-state index in [9.17, 15) is 9.59 Å². The average Bonchev–Trinajstić information content (AvgIpc) is 3.53. The molecule has 6 rings (SSSR count). The predicted octanol–water partition coefficient (Wildman–Crippen LogP) is 7.31. The van der Waals surface area contributed by atoms with Crippen molar-refractivity contribution in [3.63, 3.8) is 0 Å². The minimum atomic E-state index is -0.473. The number of nitrogens with two attached hydrogens (primary N) is 1. The van der Waals surface area contributed by atoms with E-state index >= 15 is 0 Å². The van der Waals surface area contributed by atoms with E-state index in [0.29, 0.717) is 27.0 Å². The average molecular weight is 554 g/mol. The van der Waals surface area contributed by atoms with Crippen LogP contribution in [0.3, 0.4) is 0 Å². The molecule has 1 aliphatic rings. The van der Waals surface area contributed by atoms with E-state index in [1.54, 1.807) is 6.92 Å². The van der Waals surface area contributed by atoms with Crippen LogP contribution in [0, 0.1) is 0 Å². The summed E-state index contributed by atoms with van der Waals surface area (Å²) in [4.78, 5) is 32.5. The van der Waals surface area contributed by atoms with E-state index in [1.807, 2.05) is 41.8 Å². The number of nitrogen functional groups attached to an aromatic ring is 1. The van der Waals surface area contributed by atoms with Crippen molar-refractivity contribution in [2.24, 2.45) is 0 Å². The lowest BCUT2D eigenvalue weighted by molar-refractivity contribution is 0.0529. The largest absolute Gasteiger partial charge is 0.462 e. The number of anilines is 2. The fourth-order valence-corrected chi connectivity index (χ4v) is 7.16. The minimum Gasteiger partial charge on any atom is -0.462 e. The van der Waals surface area contributed by atoms with Gasteiger partial charge < -0.3 is 15.8 Å². The molecule has 0 aliphatic heterocycles. The van der Waals surface area contributed by atoms with Gasteiger partial charge in [0.2, 0.25) is 0 Å². The van der Waals surface area contributed by atoms with Crippen LogP contribution in [0.25, 0.3) is 21.3 Å². The SMILES string of the molecule is CCOC(=O)c1c(-c2ccccc2)csc1NC(=O)c1sc2nc3c(cc2c1N)CC(c1ccccc1)CC3. The van der Waals surface area contributed by atoms with Crippen LogP contribution in [0.1, 0.15) is 56.1 Å². The number of carbonyl (C=O) groups is 2. The van der Waals surface area contributed by atoms with Gasteiger partial charge in [0.1, 0.15) is 20.3 Å². The Morgan fingerprint density at radius 1 is 1.10 bits per heavy atom. The van der Waals surface area contributed by atoms with Gasteiger partial charge in [0, 0.05) is 22.0 Å². The molecule has 0 saturated carbocycles. The van der Waals surface area contributed by atoms with Crippen molar-refractivity contribution < 1.29 is 14.3 Å². The summed E-state index contributed by atoms with van der Waals surface area (Å²) in [7, 11) is 0. The molecular formula is C31H27N3O3S2. The zero-order valence-electron chi connectivity index (χ0n) is 21.4. The molecule has 2 aromatic carbocycles. The maximum atomic E-state index is 13.5. The van der Waals surface area contributed by atoms with Crippen LogP contribution in [0.2, 0.25) is 0 Å². The standard InChI is InChI=1S/C31H27N3O3S2/c1-2-37-31(36)25-23(19-11-7-4-8-12-19)17-38-30(25)34-28(35)27-26(32)22-16-21-15-20(18-9-5-3-6-10-18)13-14-24(21)33-29(22)39-27/h3-12,16-17,20H,2,13-15,32H2,1H3,(H,34,35). The predicted molar refractivity (Wildman–Crippen MR) is 159 cm³/mol. The fraction of sp³-hybridized carbons (Fsp3) is 0.194. The first-order valence-electron chi connectivity index (χ1n) is 12.9.